The van der Waals surface area contributed by atoms with E-state index in [9.17, 15) is 0 Å². The lowest BCUT2D eigenvalue weighted by Gasteiger charge is -2.14. The zero-order valence-corrected chi connectivity index (χ0v) is 13.1. The maximum Gasteiger partial charge on any atom is 0.219 e. The van der Waals surface area contributed by atoms with Crippen LogP contribution in [0.2, 0.25) is 0 Å². The number of aromatic nitrogens is 1. The number of rotatable bonds is 7. The maximum absolute atomic E-state index is 5.88. The summed E-state index contributed by atoms with van der Waals surface area (Å²) in [5.41, 5.74) is 2.46. The summed E-state index contributed by atoms with van der Waals surface area (Å²) in [7, 11) is 0. The van der Waals surface area contributed by atoms with Crippen molar-refractivity contribution in [1.82, 2.24) is 10.3 Å². The zero-order valence-electron chi connectivity index (χ0n) is 13.1. The fourth-order valence-corrected chi connectivity index (χ4v) is 2.18. The lowest BCUT2D eigenvalue weighted by atomic mass is 10.1. The molecule has 0 spiro atoms. The van der Waals surface area contributed by atoms with Crippen LogP contribution in [0.15, 0.2) is 42.6 Å². The van der Waals surface area contributed by atoms with E-state index in [4.69, 9.17) is 4.74 Å². The second kappa shape index (κ2) is 7.79. The van der Waals surface area contributed by atoms with Gasteiger partial charge < -0.3 is 10.1 Å². The molecule has 0 aliphatic rings. The van der Waals surface area contributed by atoms with Crippen molar-refractivity contribution < 1.29 is 4.74 Å². The van der Waals surface area contributed by atoms with Gasteiger partial charge in [0.25, 0.3) is 0 Å². The van der Waals surface area contributed by atoms with Crippen LogP contribution >= 0.6 is 0 Å². The smallest absolute Gasteiger partial charge is 0.219 e. The second-order valence-corrected chi connectivity index (χ2v) is 5.21. The summed E-state index contributed by atoms with van der Waals surface area (Å²) >= 11 is 0. The lowest BCUT2D eigenvalue weighted by Crippen LogP contribution is -2.19. The Bertz CT molecular complexity index is 569. The summed E-state index contributed by atoms with van der Waals surface area (Å²) in [5, 5.41) is 3.47. The van der Waals surface area contributed by atoms with Crippen LogP contribution in [-0.4, -0.2) is 11.5 Å². The van der Waals surface area contributed by atoms with Crippen LogP contribution in [0, 0.1) is 0 Å². The highest BCUT2D eigenvalue weighted by molar-refractivity contribution is 5.33. The average Bonchev–Trinajstić information content (AvgIpc) is 2.53. The van der Waals surface area contributed by atoms with Crippen molar-refractivity contribution in [2.45, 2.75) is 39.7 Å². The molecule has 2 aromatic rings. The van der Waals surface area contributed by atoms with Gasteiger partial charge in [-0.1, -0.05) is 26.0 Å². The molecule has 1 aromatic heterocycles. The molecule has 112 valence electrons. The number of ether oxygens (including phenoxy) is 1. The van der Waals surface area contributed by atoms with Gasteiger partial charge in [0.15, 0.2) is 0 Å². The number of nitrogens with one attached hydrogen (secondary N) is 1. The molecule has 0 saturated carbocycles. The Morgan fingerprint density at radius 1 is 1.19 bits per heavy atom. The van der Waals surface area contributed by atoms with Crippen LogP contribution < -0.4 is 10.1 Å². The average molecular weight is 284 g/mol. The van der Waals surface area contributed by atoms with Gasteiger partial charge in [-0.25, -0.2) is 4.98 Å². The quantitative estimate of drug-likeness (QED) is 0.813. The molecule has 1 N–H and O–H groups in total. The molecule has 0 amide bonds. The highest BCUT2D eigenvalue weighted by atomic mass is 16.5. The van der Waals surface area contributed by atoms with E-state index < -0.39 is 0 Å². The van der Waals surface area contributed by atoms with E-state index in [1.165, 1.54) is 11.1 Å². The molecule has 1 unspecified atom stereocenters. The monoisotopic (exact) mass is 284 g/mol. The zero-order chi connectivity index (χ0) is 15.1. The number of hydrogen-bond acceptors (Lipinski definition) is 3. The van der Waals surface area contributed by atoms with Gasteiger partial charge in [-0.15, -0.1) is 0 Å². The van der Waals surface area contributed by atoms with E-state index in [1.54, 1.807) is 6.20 Å². The highest BCUT2D eigenvalue weighted by Crippen LogP contribution is 2.23. The van der Waals surface area contributed by atoms with Crippen molar-refractivity contribution in [2.75, 3.05) is 6.54 Å². The number of benzene rings is 1. The molecule has 0 aliphatic heterocycles. The van der Waals surface area contributed by atoms with E-state index in [0.29, 0.717) is 11.9 Å². The van der Waals surface area contributed by atoms with Crippen molar-refractivity contribution in [3.8, 4) is 11.6 Å². The van der Waals surface area contributed by atoms with Crippen molar-refractivity contribution >= 4 is 0 Å². The third-order valence-electron chi connectivity index (χ3n) is 3.49. The molecule has 21 heavy (non-hydrogen) atoms. The first-order chi connectivity index (χ1) is 10.2. The van der Waals surface area contributed by atoms with Gasteiger partial charge in [0.1, 0.15) is 5.75 Å². The summed E-state index contributed by atoms with van der Waals surface area (Å²) < 4.78 is 5.88. The molecule has 1 aromatic carbocycles. The fourth-order valence-electron chi connectivity index (χ4n) is 2.18. The summed E-state index contributed by atoms with van der Waals surface area (Å²) in [6.45, 7) is 7.48. The molecule has 0 bridgehead atoms. The molecule has 3 heteroatoms. The predicted molar refractivity (Wildman–Crippen MR) is 86.8 cm³/mol. The summed E-state index contributed by atoms with van der Waals surface area (Å²) in [5.74, 6) is 1.49. The van der Waals surface area contributed by atoms with Crippen LogP contribution in [0.5, 0.6) is 11.6 Å². The molecule has 0 radical (unpaired) electrons. The molecular formula is C18H24N2O. The third kappa shape index (κ3) is 4.57. The van der Waals surface area contributed by atoms with E-state index in [1.807, 2.05) is 24.3 Å². The van der Waals surface area contributed by atoms with E-state index in [0.717, 1.165) is 25.1 Å². The largest absolute Gasteiger partial charge is 0.439 e. The number of nitrogens with zero attached hydrogens (tertiary/aromatic N) is 1. The van der Waals surface area contributed by atoms with Gasteiger partial charge in [0.2, 0.25) is 5.88 Å². The molecular weight excluding hydrogens is 260 g/mol. The van der Waals surface area contributed by atoms with Crippen LogP contribution in [0.1, 0.15) is 44.4 Å². The Balaban J connectivity index is 2.09. The fraction of sp³-hybridized carbons (Fsp3) is 0.389. The Morgan fingerprint density at radius 3 is 2.81 bits per heavy atom. The SMILES string of the molecule is CCCNC(C)c1ccnc(Oc2cccc(CC)c2)c1. The lowest BCUT2D eigenvalue weighted by molar-refractivity contribution is 0.459. The summed E-state index contributed by atoms with van der Waals surface area (Å²) in [6.07, 6.45) is 3.93. The topological polar surface area (TPSA) is 34.2 Å². The minimum Gasteiger partial charge on any atom is -0.439 e. The Kier molecular flexibility index (Phi) is 5.76. The van der Waals surface area contributed by atoms with Crippen molar-refractivity contribution in [1.29, 1.82) is 0 Å². The Labute approximate surface area is 127 Å². The van der Waals surface area contributed by atoms with Crippen molar-refractivity contribution in [2.24, 2.45) is 0 Å². The number of aryl methyl sites for hydroxylation is 1. The van der Waals surface area contributed by atoms with Gasteiger partial charge >= 0.3 is 0 Å². The molecule has 1 heterocycles. The standard InChI is InChI=1S/C18H24N2O/c1-4-10-19-14(3)16-9-11-20-18(13-16)21-17-8-6-7-15(5-2)12-17/h6-9,11-14,19H,4-5,10H2,1-3H3. The molecule has 0 aliphatic carbocycles. The van der Waals surface area contributed by atoms with Gasteiger partial charge in [0, 0.05) is 18.3 Å². The van der Waals surface area contributed by atoms with Gasteiger partial charge in [-0.3, -0.25) is 0 Å². The van der Waals surface area contributed by atoms with Crippen LogP contribution in [0.25, 0.3) is 0 Å². The highest BCUT2D eigenvalue weighted by Gasteiger charge is 2.07. The van der Waals surface area contributed by atoms with E-state index >= 15 is 0 Å². The van der Waals surface area contributed by atoms with E-state index in [-0.39, 0.29) is 0 Å². The van der Waals surface area contributed by atoms with Crippen LogP contribution in [0.3, 0.4) is 0 Å². The van der Waals surface area contributed by atoms with Crippen LogP contribution in [-0.2, 0) is 6.42 Å². The first kappa shape index (κ1) is 15.5. The van der Waals surface area contributed by atoms with E-state index in [2.05, 4.69) is 43.2 Å². The number of pyridine rings is 1. The first-order valence-electron chi connectivity index (χ1n) is 7.69. The minimum absolute atomic E-state index is 0.303. The molecule has 3 nitrogen and oxygen atoms in total. The normalized spacial score (nSPS) is 12.1. The van der Waals surface area contributed by atoms with Crippen LogP contribution in [0.4, 0.5) is 0 Å². The minimum atomic E-state index is 0.303. The first-order valence-corrected chi connectivity index (χ1v) is 7.69. The van der Waals surface area contributed by atoms with Gasteiger partial charge in [0.05, 0.1) is 0 Å². The second-order valence-electron chi connectivity index (χ2n) is 5.21. The molecule has 0 saturated heterocycles. The number of hydrogen-bond donors (Lipinski definition) is 1. The van der Waals surface area contributed by atoms with Gasteiger partial charge in [-0.05, 0) is 55.6 Å². The molecule has 1 atom stereocenters. The summed E-state index contributed by atoms with van der Waals surface area (Å²) in [6, 6.07) is 12.5. The molecule has 0 fully saturated rings. The third-order valence-corrected chi connectivity index (χ3v) is 3.49. The maximum atomic E-state index is 5.88. The summed E-state index contributed by atoms with van der Waals surface area (Å²) in [4.78, 5) is 4.30. The van der Waals surface area contributed by atoms with Gasteiger partial charge in [-0.2, -0.15) is 0 Å². The Hall–Kier alpha value is -1.87. The molecule has 2 rings (SSSR count). The van der Waals surface area contributed by atoms with Crippen molar-refractivity contribution in [3.63, 3.8) is 0 Å². The predicted octanol–water partition coefficient (Wildman–Crippen LogP) is 4.50. The Morgan fingerprint density at radius 2 is 2.05 bits per heavy atom. The van der Waals surface area contributed by atoms with Crippen molar-refractivity contribution in [3.05, 3.63) is 53.7 Å².